The summed E-state index contributed by atoms with van der Waals surface area (Å²) in [5.74, 6) is -2.55. The minimum Gasteiger partial charge on any atom is -0.436 e. The molecule has 0 saturated carbocycles. The van der Waals surface area contributed by atoms with Gasteiger partial charge in [-0.25, -0.2) is 0 Å². The van der Waals surface area contributed by atoms with Gasteiger partial charge in [0, 0.05) is 5.92 Å². The highest BCUT2D eigenvalue weighted by molar-refractivity contribution is 5.44. The molecule has 0 amide bonds. The number of allylic oxidation sites excluding steroid dienone is 3. The Morgan fingerprint density at radius 2 is 1.84 bits per heavy atom. The zero-order chi connectivity index (χ0) is 14.0. The maximum absolute atomic E-state index is 12.7. The number of rotatable bonds is 1. The van der Waals surface area contributed by atoms with Crippen LogP contribution in [0.1, 0.15) is 11.5 Å². The minimum atomic E-state index is -4.64. The van der Waals surface area contributed by atoms with Crippen LogP contribution in [0.4, 0.5) is 13.2 Å². The van der Waals surface area contributed by atoms with Gasteiger partial charge in [-0.15, -0.1) is 0 Å². The second kappa shape index (κ2) is 4.69. The maximum atomic E-state index is 12.7. The van der Waals surface area contributed by atoms with E-state index in [1.165, 1.54) is 0 Å². The largest absolute Gasteiger partial charge is 0.449 e. The van der Waals surface area contributed by atoms with Gasteiger partial charge in [0.1, 0.15) is 11.6 Å². The third-order valence-electron chi connectivity index (χ3n) is 2.67. The van der Waals surface area contributed by atoms with Crippen molar-refractivity contribution >= 4 is 0 Å². The number of nitrogens with two attached hydrogens (primary N) is 1. The molecule has 1 heterocycles. The summed E-state index contributed by atoms with van der Waals surface area (Å²) in [5.41, 5.74) is 5.92. The highest BCUT2D eigenvalue weighted by Crippen LogP contribution is 2.38. The summed E-state index contributed by atoms with van der Waals surface area (Å²) in [7, 11) is 0. The van der Waals surface area contributed by atoms with Crippen molar-refractivity contribution in [2.24, 2.45) is 5.73 Å². The molecule has 0 spiro atoms. The molecule has 1 aliphatic rings. The van der Waals surface area contributed by atoms with Gasteiger partial charge in [-0.2, -0.15) is 18.4 Å². The first-order valence-corrected chi connectivity index (χ1v) is 5.35. The number of benzene rings is 1. The van der Waals surface area contributed by atoms with Crippen LogP contribution in [-0.4, -0.2) is 6.18 Å². The van der Waals surface area contributed by atoms with Crippen LogP contribution in [0.25, 0.3) is 0 Å². The van der Waals surface area contributed by atoms with E-state index < -0.39 is 23.7 Å². The monoisotopic (exact) mass is 266 g/mol. The third-order valence-corrected chi connectivity index (χ3v) is 2.67. The fraction of sp³-hybridized carbons (Fsp3) is 0.154. The number of hydrogen-bond donors (Lipinski definition) is 1. The SMILES string of the molecule is N#CC1=C(N)OC(C(F)(F)F)=C[C@H]1c1ccccc1. The number of halogens is 3. The van der Waals surface area contributed by atoms with Gasteiger partial charge in [0.15, 0.2) is 0 Å². The van der Waals surface area contributed by atoms with E-state index in [2.05, 4.69) is 4.74 Å². The summed E-state index contributed by atoms with van der Waals surface area (Å²) in [6.07, 6.45) is -3.77. The lowest BCUT2D eigenvalue weighted by molar-refractivity contribution is -0.125. The quantitative estimate of drug-likeness (QED) is 0.850. The van der Waals surface area contributed by atoms with E-state index in [-0.39, 0.29) is 5.57 Å². The predicted molar refractivity (Wildman–Crippen MR) is 61.2 cm³/mol. The first-order chi connectivity index (χ1) is 8.93. The minimum absolute atomic E-state index is 0.0285. The molecule has 0 aromatic heterocycles. The number of nitriles is 1. The normalized spacial score (nSPS) is 19.5. The lowest BCUT2D eigenvalue weighted by atomic mass is 9.90. The molecule has 1 aliphatic heterocycles. The molecular weight excluding hydrogens is 257 g/mol. The highest BCUT2D eigenvalue weighted by atomic mass is 19.4. The number of nitrogens with zero attached hydrogens (tertiary/aromatic N) is 1. The zero-order valence-corrected chi connectivity index (χ0v) is 9.61. The van der Waals surface area contributed by atoms with E-state index in [1.807, 2.05) is 0 Å². The number of alkyl halides is 3. The second-order valence-corrected chi connectivity index (χ2v) is 3.91. The molecule has 1 aromatic rings. The average Bonchev–Trinajstić information content (AvgIpc) is 2.37. The molecule has 0 fully saturated rings. The Morgan fingerprint density at radius 1 is 1.21 bits per heavy atom. The van der Waals surface area contributed by atoms with E-state index in [0.717, 1.165) is 6.08 Å². The summed E-state index contributed by atoms with van der Waals surface area (Å²) in [5, 5.41) is 9.00. The molecule has 6 heteroatoms. The first-order valence-electron chi connectivity index (χ1n) is 5.35. The van der Waals surface area contributed by atoms with Crippen molar-refractivity contribution in [1.82, 2.24) is 0 Å². The second-order valence-electron chi connectivity index (χ2n) is 3.91. The van der Waals surface area contributed by atoms with Gasteiger partial charge in [0.05, 0.1) is 0 Å². The van der Waals surface area contributed by atoms with Gasteiger partial charge in [0.25, 0.3) is 0 Å². The van der Waals surface area contributed by atoms with Crippen molar-refractivity contribution in [3.05, 3.63) is 59.2 Å². The van der Waals surface area contributed by atoms with Crippen molar-refractivity contribution < 1.29 is 17.9 Å². The molecule has 0 aliphatic carbocycles. The molecule has 0 saturated heterocycles. The Kier molecular flexibility index (Phi) is 3.21. The lowest BCUT2D eigenvalue weighted by Crippen LogP contribution is -2.24. The Morgan fingerprint density at radius 3 is 2.37 bits per heavy atom. The number of hydrogen-bond acceptors (Lipinski definition) is 3. The van der Waals surface area contributed by atoms with Crippen LogP contribution in [-0.2, 0) is 4.74 Å². The van der Waals surface area contributed by atoms with Gasteiger partial charge in [-0.05, 0) is 11.6 Å². The van der Waals surface area contributed by atoms with E-state index in [1.54, 1.807) is 36.4 Å². The van der Waals surface area contributed by atoms with Crippen molar-refractivity contribution in [1.29, 1.82) is 5.26 Å². The number of ether oxygens (including phenoxy) is 1. The van der Waals surface area contributed by atoms with Crippen LogP contribution in [0.3, 0.4) is 0 Å². The standard InChI is InChI=1S/C13H9F3N2O/c14-13(15,16)11-6-9(8-4-2-1-3-5-8)10(7-17)12(18)19-11/h1-6,9H,18H2/t9-/m0/s1. The molecule has 0 bridgehead atoms. The fourth-order valence-electron chi connectivity index (χ4n) is 1.80. The van der Waals surface area contributed by atoms with Gasteiger partial charge in [-0.1, -0.05) is 30.3 Å². The van der Waals surface area contributed by atoms with Crippen LogP contribution >= 0.6 is 0 Å². The molecule has 1 aromatic carbocycles. The average molecular weight is 266 g/mol. The molecular formula is C13H9F3N2O. The Balaban J connectivity index is 2.50. The maximum Gasteiger partial charge on any atom is 0.449 e. The Hall–Kier alpha value is -2.42. The summed E-state index contributed by atoms with van der Waals surface area (Å²) >= 11 is 0. The molecule has 98 valence electrons. The topological polar surface area (TPSA) is 59.0 Å². The smallest absolute Gasteiger partial charge is 0.436 e. The van der Waals surface area contributed by atoms with E-state index in [0.29, 0.717) is 5.56 Å². The molecule has 0 radical (unpaired) electrons. The van der Waals surface area contributed by atoms with E-state index >= 15 is 0 Å². The molecule has 2 rings (SSSR count). The molecule has 3 nitrogen and oxygen atoms in total. The van der Waals surface area contributed by atoms with Gasteiger partial charge < -0.3 is 10.5 Å². The van der Waals surface area contributed by atoms with Crippen LogP contribution in [0.15, 0.2) is 53.6 Å². The molecule has 0 unspecified atom stereocenters. The molecule has 19 heavy (non-hydrogen) atoms. The van der Waals surface area contributed by atoms with E-state index in [4.69, 9.17) is 11.0 Å². The summed E-state index contributed by atoms with van der Waals surface area (Å²) < 4.78 is 42.5. The van der Waals surface area contributed by atoms with E-state index in [9.17, 15) is 13.2 Å². The Labute approximate surface area is 107 Å². The third kappa shape index (κ3) is 2.55. The molecule has 2 N–H and O–H groups in total. The van der Waals surface area contributed by atoms with Gasteiger partial charge >= 0.3 is 6.18 Å². The summed E-state index contributed by atoms with van der Waals surface area (Å²) in [6, 6.07) is 10.1. The van der Waals surface area contributed by atoms with Crippen molar-refractivity contribution in [2.45, 2.75) is 12.1 Å². The summed E-state index contributed by atoms with van der Waals surface area (Å²) in [4.78, 5) is 0. The Bertz CT molecular complexity index is 582. The first kappa shape index (κ1) is 13.0. The fourth-order valence-corrected chi connectivity index (χ4v) is 1.80. The summed E-state index contributed by atoms with van der Waals surface area (Å²) in [6.45, 7) is 0. The van der Waals surface area contributed by atoms with Crippen LogP contribution in [0.5, 0.6) is 0 Å². The van der Waals surface area contributed by atoms with Gasteiger partial charge in [0.2, 0.25) is 11.6 Å². The van der Waals surface area contributed by atoms with Crippen molar-refractivity contribution in [3.8, 4) is 6.07 Å². The zero-order valence-electron chi connectivity index (χ0n) is 9.61. The molecule has 1 atom stereocenters. The van der Waals surface area contributed by atoms with Gasteiger partial charge in [-0.3, -0.25) is 0 Å². The van der Waals surface area contributed by atoms with Crippen molar-refractivity contribution in [2.75, 3.05) is 0 Å². The highest BCUT2D eigenvalue weighted by Gasteiger charge is 2.40. The van der Waals surface area contributed by atoms with Crippen molar-refractivity contribution in [3.63, 3.8) is 0 Å². The lowest BCUT2D eigenvalue weighted by Gasteiger charge is -2.23. The van der Waals surface area contributed by atoms with Crippen LogP contribution in [0, 0.1) is 11.3 Å². The predicted octanol–water partition coefficient (Wildman–Crippen LogP) is 2.94. The van der Waals surface area contributed by atoms with Crippen LogP contribution in [0.2, 0.25) is 0 Å². The van der Waals surface area contributed by atoms with Crippen LogP contribution < -0.4 is 5.73 Å².